The zero-order chi connectivity index (χ0) is 24.7. The van der Waals surface area contributed by atoms with Gasteiger partial charge in [-0.1, -0.05) is 61.6 Å². The van der Waals surface area contributed by atoms with Crippen LogP contribution in [0.4, 0.5) is 0 Å². The van der Waals surface area contributed by atoms with Crippen LogP contribution in [0.15, 0.2) is 78.9 Å². The van der Waals surface area contributed by atoms with Crippen LogP contribution < -0.4 is 9.47 Å². The summed E-state index contributed by atoms with van der Waals surface area (Å²) in [4.78, 5) is 2.46. The molecule has 2 heterocycles. The highest BCUT2D eigenvalue weighted by molar-refractivity contribution is 5.48. The van der Waals surface area contributed by atoms with Crippen molar-refractivity contribution in [3.63, 3.8) is 0 Å². The van der Waals surface area contributed by atoms with Crippen molar-refractivity contribution in [3.8, 4) is 17.2 Å². The molecule has 186 valence electrons. The Hall–Kier alpha value is -2.98. The lowest BCUT2D eigenvalue weighted by atomic mass is 9.80. The quantitative estimate of drug-likeness (QED) is 0.515. The van der Waals surface area contributed by atoms with Crippen LogP contribution in [0.3, 0.4) is 0 Å². The first-order valence-electron chi connectivity index (χ1n) is 12.9. The Labute approximate surface area is 210 Å². The zero-order valence-corrected chi connectivity index (χ0v) is 21.3. The number of phenolic OH excluding ortho intramolecular Hbond substituents is 1. The average Bonchev–Trinajstić information content (AvgIpc) is 3.23. The number of likely N-dealkylation sites (tertiary alicyclic amines) is 1. The van der Waals surface area contributed by atoms with Gasteiger partial charge in [-0.2, -0.15) is 0 Å². The lowest BCUT2D eigenvalue weighted by Gasteiger charge is -2.38. The van der Waals surface area contributed by atoms with Gasteiger partial charge in [-0.3, -0.25) is 4.90 Å². The molecule has 0 bridgehead atoms. The van der Waals surface area contributed by atoms with Crippen LogP contribution >= 0.6 is 0 Å². The molecule has 0 saturated carbocycles. The van der Waals surface area contributed by atoms with Crippen molar-refractivity contribution >= 4 is 0 Å². The minimum Gasteiger partial charge on any atom is -0.508 e. The minimum absolute atomic E-state index is 0.243. The van der Waals surface area contributed by atoms with Crippen LogP contribution in [0.25, 0.3) is 0 Å². The minimum atomic E-state index is -0.268. The molecule has 2 aromatic carbocycles. The highest BCUT2D eigenvalue weighted by Crippen LogP contribution is 2.45. The number of benzene rings is 2. The highest BCUT2D eigenvalue weighted by Gasteiger charge is 2.34. The lowest BCUT2D eigenvalue weighted by Crippen LogP contribution is -2.35. The van der Waals surface area contributed by atoms with E-state index in [4.69, 9.17) is 9.47 Å². The SMILES string of the molecule is CC1(C)C[C@H](c2ccc(OCCN3CCCC3)cc2)c2ccc(O)cc2O1.CC1C=CC=CC=C1. The molecule has 0 aromatic heterocycles. The maximum Gasteiger partial charge on any atom is 0.127 e. The molecular formula is C31H39NO3. The van der Waals surface area contributed by atoms with Crippen LogP contribution in [0, 0.1) is 5.92 Å². The van der Waals surface area contributed by atoms with Gasteiger partial charge in [-0.15, -0.1) is 0 Å². The van der Waals surface area contributed by atoms with E-state index in [2.05, 4.69) is 74.2 Å². The fraction of sp³-hybridized carbons (Fsp3) is 0.419. The standard InChI is InChI=1S/C23H29NO3.C8H10/c1-23(2)16-21(20-10-7-18(25)15-22(20)27-23)17-5-8-19(9-6-17)26-14-13-24-11-3-4-12-24;1-8-6-4-2-3-5-7-8/h5-10,15,21,25H,3-4,11-14,16H2,1-2H3;2-8H,1H3/t21-;/m1./s1. The molecule has 2 aliphatic heterocycles. The van der Waals surface area contributed by atoms with Gasteiger partial charge in [0, 0.05) is 24.1 Å². The van der Waals surface area contributed by atoms with Gasteiger partial charge in [0.15, 0.2) is 0 Å². The fourth-order valence-electron chi connectivity index (χ4n) is 4.90. The summed E-state index contributed by atoms with van der Waals surface area (Å²) in [5, 5.41) is 9.81. The monoisotopic (exact) mass is 473 g/mol. The number of ether oxygens (including phenoxy) is 2. The second-order valence-corrected chi connectivity index (χ2v) is 10.3. The van der Waals surface area contributed by atoms with Crippen molar-refractivity contribution in [1.29, 1.82) is 0 Å². The maximum absolute atomic E-state index is 9.81. The summed E-state index contributed by atoms with van der Waals surface area (Å²) < 4.78 is 12.0. The molecule has 2 aromatic rings. The summed E-state index contributed by atoms with van der Waals surface area (Å²) in [5.74, 6) is 2.80. The van der Waals surface area contributed by atoms with E-state index in [0.29, 0.717) is 5.92 Å². The summed E-state index contributed by atoms with van der Waals surface area (Å²) in [7, 11) is 0. The summed E-state index contributed by atoms with van der Waals surface area (Å²) in [6.07, 6.45) is 16.1. The third-order valence-corrected chi connectivity index (χ3v) is 6.77. The second kappa shape index (κ2) is 11.6. The molecule has 0 radical (unpaired) electrons. The molecule has 3 aliphatic rings. The van der Waals surface area contributed by atoms with Crippen LogP contribution in [-0.2, 0) is 0 Å². The van der Waals surface area contributed by atoms with Gasteiger partial charge in [0.05, 0.1) is 0 Å². The van der Waals surface area contributed by atoms with Crippen LogP contribution in [-0.4, -0.2) is 41.8 Å². The van der Waals surface area contributed by atoms with Crippen LogP contribution in [0.2, 0.25) is 0 Å². The molecular weight excluding hydrogens is 434 g/mol. The van der Waals surface area contributed by atoms with Gasteiger partial charge in [0.2, 0.25) is 0 Å². The van der Waals surface area contributed by atoms with Gasteiger partial charge in [-0.05, 0) is 75.9 Å². The van der Waals surface area contributed by atoms with Crippen molar-refractivity contribution < 1.29 is 14.6 Å². The number of fused-ring (bicyclic) bond motifs is 1. The van der Waals surface area contributed by atoms with Crippen molar-refractivity contribution in [2.24, 2.45) is 5.92 Å². The van der Waals surface area contributed by atoms with Gasteiger partial charge >= 0.3 is 0 Å². The Morgan fingerprint density at radius 1 is 0.971 bits per heavy atom. The van der Waals surface area contributed by atoms with Crippen LogP contribution in [0.5, 0.6) is 17.2 Å². The maximum atomic E-state index is 9.81. The Morgan fingerprint density at radius 2 is 1.66 bits per heavy atom. The second-order valence-electron chi connectivity index (χ2n) is 10.3. The number of aromatic hydroxyl groups is 1. The number of rotatable bonds is 5. The van der Waals surface area contributed by atoms with Crippen molar-refractivity contribution in [2.45, 2.75) is 51.6 Å². The predicted molar refractivity (Wildman–Crippen MR) is 143 cm³/mol. The third kappa shape index (κ3) is 7.25. The molecule has 0 unspecified atom stereocenters. The lowest BCUT2D eigenvalue weighted by molar-refractivity contribution is 0.0771. The van der Waals surface area contributed by atoms with Crippen molar-refractivity contribution in [2.75, 3.05) is 26.2 Å². The first-order chi connectivity index (χ1) is 16.9. The Kier molecular flexibility index (Phi) is 8.35. The smallest absolute Gasteiger partial charge is 0.127 e. The number of phenols is 1. The van der Waals surface area contributed by atoms with Gasteiger partial charge in [-0.25, -0.2) is 0 Å². The third-order valence-electron chi connectivity index (χ3n) is 6.77. The van der Waals surface area contributed by atoms with E-state index < -0.39 is 0 Å². The summed E-state index contributed by atoms with van der Waals surface area (Å²) >= 11 is 0. The highest BCUT2D eigenvalue weighted by atomic mass is 16.5. The number of hydrogen-bond acceptors (Lipinski definition) is 4. The molecule has 5 rings (SSSR count). The van der Waals surface area contributed by atoms with Gasteiger partial charge in [0.1, 0.15) is 29.5 Å². The van der Waals surface area contributed by atoms with Crippen LogP contribution in [0.1, 0.15) is 57.1 Å². The van der Waals surface area contributed by atoms with E-state index in [0.717, 1.165) is 36.6 Å². The van der Waals surface area contributed by atoms with E-state index in [-0.39, 0.29) is 17.3 Å². The molecule has 1 saturated heterocycles. The van der Waals surface area contributed by atoms with E-state index >= 15 is 0 Å². The summed E-state index contributed by atoms with van der Waals surface area (Å²) in [6.45, 7) is 10.5. The van der Waals surface area contributed by atoms with Crippen molar-refractivity contribution in [3.05, 3.63) is 90.0 Å². The largest absolute Gasteiger partial charge is 0.508 e. The molecule has 0 spiro atoms. The van der Waals surface area contributed by atoms with Gasteiger partial charge < -0.3 is 14.6 Å². The number of hydrogen-bond donors (Lipinski definition) is 1. The Bertz CT molecular complexity index is 1030. The topological polar surface area (TPSA) is 41.9 Å². The van der Waals surface area contributed by atoms with Gasteiger partial charge in [0.25, 0.3) is 0 Å². The van der Waals surface area contributed by atoms with E-state index in [9.17, 15) is 5.11 Å². The molecule has 0 amide bonds. The molecule has 1 atom stereocenters. The first-order valence-corrected chi connectivity index (χ1v) is 12.9. The van der Waals surface area contributed by atoms with Crippen molar-refractivity contribution in [1.82, 2.24) is 4.90 Å². The first kappa shape index (κ1) is 25.1. The fourth-order valence-corrected chi connectivity index (χ4v) is 4.90. The van der Waals surface area contributed by atoms with E-state index in [1.807, 2.05) is 18.2 Å². The number of allylic oxidation sites excluding steroid dienone is 6. The molecule has 35 heavy (non-hydrogen) atoms. The van der Waals surface area contributed by atoms with E-state index in [1.54, 1.807) is 12.1 Å². The predicted octanol–water partition coefficient (Wildman–Crippen LogP) is 6.86. The molecule has 1 fully saturated rings. The average molecular weight is 474 g/mol. The Morgan fingerprint density at radius 3 is 2.34 bits per heavy atom. The number of nitrogens with zero attached hydrogens (tertiary/aromatic N) is 1. The zero-order valence-electron chi connectivity index (χ0n) is 21.3. The molecule has 4 heteroatoms. The molecule has 4 nitrogen and oxygen atoms in total. The molecule has 1 aliphatic carbocycles. The Balaban J connectivity index is 0.000000308. The normalized spacial score (nSPS) is 20.9. The summed E-state index contributed by atoms with van der Waals surface area (Å²) in [5.41, 5.74) is 2.12. The molecule has 1 N–H and O–H groups in total. The summed E-state index contributed by atoms with van der Waals surface area (Å²) in [6, 6.07) is 13.9. The van der Waals surface area contributed by atoms with E-state index in [1.165, 1.54) is 31.5 Å².